The first-order chi connectivity index (χ1) is 9.03. The maximum atomic E-state index is 11.7. The molecule has 1 atom stereocenters. The van der Waals surface area contributed by atoms with Gasteiger partial charge in [-0.1, -0.05) is 0 Å². The molecule has 0 aliphatic rings. The number of nitrogens with one attached hydrogen (secondary N) is 1. The molecule has 0 aromatic heterocycles. The number of carbonyl (C=O) groups is 1. The van der Waals surface area contributed by atoms with Crippen LogP contribution in [0.1, 0.15) is 10.4 Å². The van der Waals surface area contributed by atoms with Crippen LogP contribution in [0.2, 0.25) is 0 Å². The highest BCUT2D eigenvalue weighted by molar-refractivity contribution is 9.10. The Morgan fingerprint density at radius 1 is 1.47 bits per heavy atom. The van der Waals surface area contributed by atoms with Crippen molar-refractivity contribution < 1.29 is 24.5 Å². The first-order valence-corrected chi connectivity index (χ1v) is 6.31. The van der Waals surface area contributed by atoms with E-state index in [-0.39, 0.29) is 18.7 Å². The fourth-order valence-corrected chi connectivity index (χ4v) is 1.93. The van der Waals surface area contributed by atoms with Crippen LogP contribution in [0.3, 0.4) is 0 Å². The molecule has 0 aliphatic carbocycles. The normalized spacial score (nSPS) is 11.8. The van der Waals surface area contributed by atoms with Gasteiger partial charge in [-0.05, 0) is 28.1 Å². The van der Waals surface area contributed by atoms with E-state index in [1.807, 2.05) is 0 Å². The van der Waals surface area contributed by atoms with Crippen molar-refractivity contribution in [3.05, 3.63) is 22.2 Å². The largest absolute Gasteiger partial charge is 0.496 e. The molecule has 1 aromatic rings. The highest BCUT2D eigenvalue weighted by atomic mass is 79.9. The van der Waals surface area contributed by atoms with Gasteiger partial charge in [0.25, 0.3) is 0 Å². The van der Waals surface area contributed by atoms with E-state index >= 15 is 0 Å². The van der Waals surface area contributed by atoms with Gasteiger partial charge in [-0.25, -0.2) is 4.79 Å². The lowest BCUT2D eigenvalue weighted by molar-refractivity contribution is 0.0601. The van der Waals surface area contributed by atoms with E-state index in [0.717, 1.165) is 0 Å². The molecular weight excluding hydrogens is 318 g/mol. The van der Waals surface area contributed by atoms with Gasteiger partial charge in [0.15, 0.2) is 0 Å². The number of ether oxygens (including phenoxy) is 2. The van der Waals surface area contributed by atoms with E-state index in [9.17, 15) is 9.90 Å². The van der Waals surface area contributed by atoms with Crippen molar-refractivity contribution in [3.8, 4) is 5.75 Å². The number of hydrogen-bond acceptors (Lipinski definition) is 6. The van der Waals surface area contributed by atoms with E-state index in [2.05, 4.69) is 26.0 Å². The van der Waals surface area contributed by atoms with Crippen LogP contribution >= 0.6 is 15.9 Å². The fourth-order valence-electron chi connectivity index (χ4n) is 1.43. The van der Waals surface area contributed by atoms with Crippen molar-refractivity contribution in [2.75, 3.05) is 32.7 Å². The second kappa shape index (κ2) is 7.32. The molecule has 0 saturated heterocycles. The molecule has 1 rings (SSSR count). The molecule has 0 saturated carbocycles. The molecular formula is C12H16BrNO5. The predicted octanol–water partition coefficient (Wildman–Crippen LogP) is 1.01. The minimum atomic E-state index is -0.911. The Labute approximate surface area is 119 Å². The van der Waals surface area contributed by atoms with Crippen molar-refractivity contribution in [2.45, 2.75) is 6.10 Å². The SMILES string of the molecule is COC(=O)c1cc(OC)c(Br)cc1NCC(O)CO. The average molecular weight is 334 g/mol. The van der Waals surface area contributed by atoms with Gasteiger partial charge in [-0.15, -0.1) is 0 Å². The summed E-state index contributed by atoms with van der Waals surface area (Å²) in [5.74, 6) is -0.0274. The molecule has 0 radical (unpaired) electrons. The smallest absolute Gasteiger partial charge is 0.340 e. The highest BCUT2D eigenvalue weighted by Gasteiger charge is 2.16. The monoisotopic (exact) mass is 333 g/mol. The zero-order valence-corrected chi connectivity index (χ0v) is 12.2. The van der Waals surface area contributed by atoms with Crippen molar-refractivity contribution in [1.29, 1.82) is 0 Å². The van der Waals surface area contributed by atoms with E-state index in [1.165, 1.54) is 20.3 Å². The number of aliphatic hydroxyl groups excluding tert-OH is 2. The molecule has 3 N–H and O–H groups in total. The zero-order valence-electron chi connectivity index (χ0n) is 10.6. The lowest BCUT2D eigenvalue weighted by Gasteiger charge is -2.15. The van der Waals surface area contributed by atoms with Crippen LogP contribution in [-0.2, 0) is 4.74 Å². The van der Waals surface area contributed by atoms with Gasteiger partial charge in [0.05, 0.1) is 42.7 Å². The predicted molar refractivity (Wildman–Crippen MR) is 73.6 cm³/mol. The van der Waals surface area contributed by atoms with E-state index < -0.39 is 12.1 Å². The molecule has 106 valence electrons. The van der Waals surface area contributed by atoms with Crippen molar-refractivity contribution in [3.63, 3.8) is 0 Å². The summed E-state index contributed by atoms with van der Waals surface area (Å²) in [6.45, 7) is -0.253. The number of carbonyl (C=O) groups excluding carboxylic acids is 1. The average Bonchev–Trinajstić information content (AvgIpc) is 2.43. The van der Waals surface area contributed by atoms with Gasteiger partial charge in [-0.2, -0.15) is 0 Å². The maximum absolute atomic E-state index is 11.7. The number of halogens is 1. The Balaban J connectivity index is 3.06. The molecule has 0 heterocycles. The molecule has 1 aromatic carbocycles. The molecule has 7 heteroatoms. The lowest BCUT2D eigenvalue weighted by atomic mass is 10.1. The lowest BCUT2D eigenvalue weighted by Crippen LogP contribution is -2.24. The van der Waals surface area contributed by atoms with Crippen LogP contribution in [0.15, 0.2) is 16.6 Å². The van der Waals surface area contributed by atoms with Gasteiger partial charge in [0.2, 0.25) is 0 Å². The standard InChI is InChI=1S/C12H16BrNO5/c1-18-11-3-8(12(17)19-2)10(4-9(11)13)14-5-7(16)6-15/h3-4,7,14-16H,5-6H2,1-2H3. The van der Waals surface area contributed by atoms with Crippen LogP contribution in [0.25, 0.3) is 0 Å². The molecule has 19 heavy (non-hydrogen) atoms. The topological polar surface area (TPSA) is 88.0 Å². The summed E-state index contributed by atoms with van der Waals surface area (Å²) >= 11 is 3.31. The first-order valence-electron chi connectivity index (χ1n) is 5.52. The van der Waals surface area contributed by atoms with Crippen LogP contribution in [0.4, 0.5) is 5.69 Å². The minimum absolute atomic E-state index is 0.110. The number of anilines is 1. The van der Waals surface area contributed by atoms with E-state index in [1.54, 1.807) is 6.07 Å². The third-order valence-electron chi connectivity index (χ3n) is 2.44. The summed E-state index contributed by atoms with van der Waals surface area (Å²) in [5, 5.41) is 20.9. The summed E-state index contributed by atoms with van der Waals surface area (Å²) in [6, 6.07) is 3.18. The first kappa shape index (κ1) is 15.7. The van der Waals surface area contributed by atoms with Gasteiger partial charge in [0.1, 0.15) is 5.75 Å². The fraction of sp³-hybridized carbons (Fsp3) is 0.417. The van der Waals surface area contributed by atoms with Gasteiger partial charge >= 0.3 is 5.97 Å². The number of rotatable bonds is 6. The Bertz CT molecular complexity index is 452. The molecule has 0 aliphatic heterocycles. The molecule has 0 amide bonds. The van der Waals surface area contributed by atoms with Crippen LogP contribution < -0.4 is 10.1 Å². The number of aliphatic hydroxyl groups is 2. The van der Waals surface area contributed by atoms with Crippen molar-refractivity contribution in [2.24, 2.45) is 0 Å². The highest BCUT2D eigenvalue weighted by Crippen LogP contribution is 2.31. The molecule has 1 unspecified atom stereocenters. The summed E-state index contributed by atoms with van der Waals surface area (Å²) in [6.07, 6.45) is -0.911. The second-order valence-corrected chi connectivity index (χ2v) is 4.60. The Hall–Kier alpha value is -1.31. The summed E-state index contributed by atoms with van der Waals surface area (Å²) in [4.78, 5) is 11.7. The van der Waals surface area contributed by atoms with Gasteiger partial charge < -0.3 is 25.0 Å². The minimum Gasteiger partial charge on any atom is -0.496 e. The summed E-state index contributed by atoms with van der Waals surface area (Å²) in [7, 11) is 2.77. The summed E-state index contributed by atoms with van der Waals surface area (Å²) < 4.78 is 10.5. The molecule has 0 fully saturated rings. The van der Waals surface area contributed by atoms with Crippen LogP contribution in [0, 0.1) is 0 Å². The van der Waals surface area contributed by atoms with E-state index in [4.69, 9.17) is 9.84 Å². The number of methoxy groups -OCH3 is 2. The maximum Gasteiger partial charge on any atom is 0.340 e. The Morgan fingerprint density at radius 3 is 2.68 bits per heavy atom. The van der Waals surface area contributed by atoms with Gasteiger partial charge in [-0.3, -0.25) is 0 Å². The second-order valence-electron chi connectivity index (χ2n) is 3.74. The molecule has 6 nitrogen and oxygen atoms in total. The Kier molecular flexibility index (Phi) is 6.07. The third-order valence-corrected chi connectivity index (χ3v) is 3.06. The molecule has 0 bridgehead atoms. The van der Waals surface area contributed by atoms with Crippen LogP contribution in [-0.4, -0.2) is 49.7 Å². The van der Waals surface area contributed by atoms with Gasteiger partial charge in [0, 0.05) is 6.54 Å². The zero-order chi connectivity index (χ0) is 14.4. The number of esters is 1. The van der Waals surface area contributed by atoms with E-state index in [0.29, 0.717) is 15.9 Å². The summed E-state index contributed by atoms with van der Waals surface area (Å²) in [5.41, 5.74) is 0.764. The number of hydrogen-bond donors (Lipinski definition) is 3. The van der Waals surface area contributed by atoms with Crippen molar-refractivity contribution in [1.82, 2.24) is 0 Å². The van der Waals surface area contributed by atoms with Crippen LogP contribution in [0.5, 0.6) is 5.75 Å². The molecule has 0 spiro atoms. The Morgan fingerprint density at radius 2 is 2.16 bits per heavy atom. The quantitative estimate of drug-likeness (QED) is 0.673. The van der Waals surface area contributed by atoms with Crippen molar-refractivity contribution >= 4 is 27.6 Å². The third kappa shape index (κ3) is 4.09. The number of benzene rings is 1.